The normalized spacial score (nSPS) is 23.4. The van der Waals surface area contributed by atoms with Gasteiger partial charge in [0.05, 0.1) is 12.7 Å². The molecule has 26 heavy (non-hydrogen) atoms. The van der Waals surface area contributed by atoms with Gasteiger partial charge in [-0.3, -0.25) is 4.79 Å². The lowest BCUT2D eigenvalue weighted by Crippen LogP contribution is -2.49. The molecule has 2 aromatic heterocycles. The van der Waals surface area contributed by atoms with E-state index in [0.29, 0.717) is 24.8 Å². The standard InChI is InChI=1S/C19H25N5O2/c1-2-14-10-21-19(22-11-14)24-8-9-26-17-13-23(7-5-15(17)12-24)18(25)16-4-3-6-20-16/h3-4,6,10-11,15,17,20H,2,5,7-9,12-13H2,1H3/t15-,17-/m0/s1. The van der Waals surface area contributed by atoms with Crippen LogP contribution in [-0.2, 0) is 11.2 Å². The minimum atomic E-state index is 0.0524. The van der Waals surface area contributed by atoms with Crippen LogP contribution in [0.15, 0.2) is 30.7 Å². The molecule has 0 aromatic carbocycles. The number of rotatable bonds is 3. The van der Waals surface area contributed by atoms with Gasteiger partial charge < -0.3 is 19.5 Å². The monoisotopic (exact) mass is 355 g/mol. The predicted octanol–water partition coefficient (Wildman–Crippen LogP) is 1.73. The van der Waals surface area contributed by atoms with Crippen molar-refractivity contribution < 1.29 is 9.53 Å². The molecule has 0 bridgehead atoms. The van der Waals surface area contributed by atoms with Crippen molar-refractivity contribution in [2.24, 2.45) is 5.92 Å². The molecular weight excluding hydrogens is 330 g/mol. The maximum absolute atomic E-state index is 12.6. The van der Waals surface area contributed by atoms with Gasteiger partial charge in [-0.1, -0.05) is 6.92 Å². The van der Waals surface area contributed by atoms with Crippen LogP contribution in [0.1, 0.15) is 29.4 Å². The molecule has 0 spiro atoms. The van der Waals surface area contributed by atoms with Crippen molar-refractivity contribution in [1.82, 2.24) is 19.9 Å². The van der Waals surface area contributed by atoms with E-state index in [0.717, 1.165) is 44.0 Å². The van der Waals surface area contributed by atoms with Crippen molar-refractivity contribution in [1.29, 1.82) is 0 Å². The number of hydrogen-bond acceptors (Lipinski definition) is 5. The number of H-pyrrole nitrogens is 1. The topological polar surface area (TPSA) is 74.3 Å². The summed E-state index contributed by atoms with van der Waals surface area (Å²) in [5, 5.41) is 0. The van der Waals surface area contributed by atoms with Crippen molar-refractivity contribution in [3.63, 3.8) is 0 Å². The second-order valence-electron chi connectivity index (χ2n) is 6.98. The van der Waals surface area contributed by atoms with Gasteiger partial charge in [0.25, 0.3) is 5.91 Å². The molecule has 4 rings (SSSR count). The first-order valence-electron chi connectivity index (χ1n) is 9.34. The highest BCUT2D eigenvalue weighted by molar-refractivity contribution is 5.92. The van der Waals surface area contributed by atoms with Crippen molar-refractivity contribution in [3.05, 3.63) is 42.0 Å². The van der Waals surface area contributed by atoms with Gasteiger partial charge >= 0.3 is 0 Å². The zero-order valence-corrected chi connectivity index (χ0v) is 15.1. The summed E-state index contributed by atoms with van der Waals surface area (Å²) in [5.74, 6) is 1.22. The first kappa shape index (κ1) is 17.0. The van der Waals surface area contributed by atoms with Gasteiger partial charge in [0.1, 0.15) is 5.69 Å². The van der Waals surface area contributed by atoms with Crippen molar-refractivity contribution >= 4 is 11.9 Å². The lowest BCUT2D eigenvalue weighted by atomic mass is 9.93. The summed E-state index contributed by atoms with van der Waals surface area (Å²) < 4.78 is 6.10. The highest BCUT2D eigenvalue weighted by atomic mass is 16.5. The van der Waals surface area contributed by atoms with Gasteiger partial charge in [0.15, 0.2) is 0 Å². The van der Waals surface area contributed by atoms with E-state index < -0.39 is 0 Å². The number of aromatic amines is 1. The van der Waals surface area contributed by atoms with E-state index in [-0.39, 0.29) is 12.0 Å². The van der Waals surface area contributed by atoms with Crippen molar-refractivity contribution in [2.75, 3.05) is 37.7 Å². The maximum Gasteiger partial charge on any atom is 0.270 e. The molecule has 2 aromatic rings. The molecule has 0 saturated carbocycles. The number of aromatic nitrogens is 3. The largest absolute Gasteiger partial charge is 0.374 e. The first-order valence-corrected chi connectivity index (χ1v) is 9.34. The van der Waals surface area contributed by atoms with Gasteiger partial charge in [-0.05, 0) is 30.5 Å². The fourth-order valence-electron chi connectivity index (χ4n) is 3.75. The number of nitrogens with one attached hydrogen (secondary N) is 1. The van der Waals surface area contributed by atoms with E-state index in [1.807, 2.05) is 29.4 Å². The van der Waals surface area contributed by atoms with E-state index >= 15 is 0 Å². The summed E-state index contributed by atoms with van der Waals surface area (Å²) in [5.41, 5.74) is 1.79. The zero-order valence-electron chi connectivity index (χ0n) is 15.1. The Morgan fingerprint density at radius 3 is 2.88 bits per heavy atom. The number of fused-ring (bicyclic) bond motifs is 1. The average molecular weight is 355 g/mol. The fraction of sp³-hybridized carbons (Fsp3) is 0.526. The van der Waals surface area contributed by atoms with Gasteiger partial charge in [-0.2, -0.15) is 0 Å². The van der Waals surface area contributed by atoms with E-state index in [1.54, 1.807) is 6.20 Å². The summed E-state index contributed by atoms with van der Waals surface area (Å²) in [4.78, 5) is 28.7. The number of likely N-dealkylation sites (tertiary alicyclic amines) is 1. The Hall–Kier alpha value is -2.41. The zero-order chi connectivity index (χ0) is 17.9. The molecule has 4 heterocycles. The number of carbonyl (C=O) groups excluding carboxylic acids is 1. The SMILES string of the molecule is CCc1cnc(N2CCO[C@H]3CN(C(=O)c4ccc[nH]4)CC[C@H]3C2)nc1. The molecular formula is C19H25N5O2. The smallest absolute Gasteiger partial charge is 0.270 e. The summed E-state index contributed by atoms with van der Waals surface area (Å²) >= 11 is 0. The summed E-state index contributed by atoms with van der Waals surface area (Å²) in [7, 11) is 0. The quantitative estimate of drug-likeness (QED) is 0.908. The Morgan fingerprint density at radius 2 is 2.15 bits per heavy atom. The van der Waals surface area contributed by atoms with Crippen molar-refractivity contribution in [2.45, 2.75) is 25.9 Å². The van der Waals surface area contributed by atoms with E-state index in [1.165, 1.54) is 0 Å². The number of hydrogen-bond donors (Lipinski definition) is 1. The molecule has 0 unspecified atom stereocenters. The van der Waals surface area contributed by atoms with Crippen LogP contribution in [0.2, 0.25) is 0 Å². The van der Waals surface area contributed by atoms with E-state index in [2.05, 4.69) is 26.8 Å². The van der Waals surface area contributed by atoms with E-state index in [9.17, 15) is 4.79 Å². The average Bonchev–Trinajstić information content (AvgIpc) is 3.14. The number of ether oxygens (including phenoxy) is 1. The first-order chi connectivity index (χ1) is 12.7. The summed E-state index contributed by atoms with van der Waals surface area (Å²) in [6.07, 6.45) is 7.54. The Labute approximate surface area is 153 Å². The molecule has 138 valence electrons. The Bertz CT molecular complexity index is 731. The van der Waals surface area contributed by atoms with Crippen LogP contribution in [-0.4, -0.2) is 64.6 Å². The predicted molar refractivity (Wildman–Crippen MR) is 98.2 cm³/mol. The number of carbonyl (C=O) groups is 1. The lowest BCUT2D eigenvalue weighted by Gasteiger charge is -2.37. The van der Waals surface area contributed by atoms with Crippen LogP contribution in [0, 0.1) is 5.92 Å². The van der Waals surface area contributed by atoms with Gasteiger partial charge in [0.2, 0.25) is 5.95 Å². The highest BCUT2D eigenvalue weighted by Gasteiger charge is 2.36. The lowest BCUT2D eigenvalue weighted by molar-refractivity contribution is -0.0170. The highest BCUT2D eigenvalue weighted by Crippen LogP contribution is 2.26. The van der Waals surface area contributed by atoms with Crippen LogP contribution in [0.5, 0.6) is 0 Å². The molecule has 2 fully saturated rings. The molecule has 7 nitrogen and oxygen atoms in total. The number of anilines is 1. The summed E-state index contributed by atoms with van der Waals surface area (Å²) in [6, 6.07) is 3.67. The fourth-order valence-corrected chi connectivity index (χ4v) is 3.75. The second-order valence-corrected chi connectivity index (χ2v) is 6.98. The molecule has 0 aliphatic carbocycles. The number of aryl methyl sites for hydroxylation is 1. The Morgan fingerprint density at radius 1 is 1.31 bits per heavy atom. The van der Waals surface area contributed by atoms with E-state index in [4.69, 9.17) is 4.74 Å². The van der Waals surface area contributed by atoms with Gasteiger partial charge in [-0.25, -0.2) is 9.97 Å². The number of piperidine rings is 1. The second kappa shape index (κ2) is 7.45. The third kappa shape index (κ3) is 3.44. The van der Waals surface area contributed by atoms with Crippen LogP contribution < -0.4 is 4.90 Å². The molecule has 2 atom stereocenters. The van der Waals surface area contributed by atoms with Gasteiger partial charge in [0, 0.05) is 50.7 Å². The molecule has 2 saturated heterocycles. The Kier molecular flexibility index (Phi) is 4.88. The molecule has 2 aliphatic rings. The number of amides is 1. The van der Waals surface area contributed by atoms with Gasteiger partial charge in [-0.15, -0.1) is 0 Å². The minimum absolute atomic E-state index is 0.0524. The maximum atomic E-state index is 12.6. The Balaban J connectivity index is 1.42. The molecule has 2 aliphatic heterocycles. The minimum Gasteiger partial charge on any atom is -0.374 e. The molecule has 7 heteroatoms. The van der Waals surface area contributed by atoms with Crippen LogP contribution in [0.25, 0.3) is 0 Å². The third-order valence-corrected chi connectivity index (χ3v) is 5.34. The van der Waals surface area contributed by atoms with Crippen molar-refractivity contribution in [3.8, 4) is 0 Å². The summed E-state index contributed by atoms with van der Waals surface area (Å²) in [6.45, 7) is 5.79. The number of nitrogens with zero attached hydrogens (tertiary/aromatic N) is 4. The van der Waals surface area contributed by atoms with Crippen LogP contribution in [0.3, 0.4) is 0 Å². The molecule has 1 amide bonds. The molecule has 0 radical (unpaired) electrons. The van der Waals surface area contributed by atoms with Crippen LogP contribution in [0.4, 0.5) is 5.95 Å². The third-order valence-electron chi connectivity index (χ3n) is 5.34. The van der Waals surface area contributed by atoms with Crippen LogP contribution >= 0.6 is 0 Å². The molecule has 1 N–H and O–H groups in total.